The van der Waals surface area contributed by atoms with Crippen molar-refractivity contribution in [2.24, 2.45) is 0 Å². The predicted octanol–water partition coefficient (Wildman–Crippen LogP) is 1.15. The van der Waals surface area contributed by atoms with Crippen molar-refractivity contribution >= 4 is 0 Å². The van der Waals surface area contributed by atoms with E-state index in [9.17, 15) is 0 Å². The summed E-state index contributed by atoms with van der Waals surface area (Å²) >= 11 is 0. The van der Waals surface area contributed by atoms with E-state index in [0.29, 0.717) is 0 Å². The van der Waals surface area contributed by atoms with Gasteiger partial charge in [0.15, 0.2) is 0 Å². The molecule has 0 amide bonds. The van der Waals surface area contributed by atoms with Crippen LogP contribution in [-0.4, -0.2) is 19.3 Å². The van der Waals surface area contributed by atoms with E-state index < -0.39 is 0 Å². The van der Waals surface area contributed by atoms with Gasteiger partial charge in [0.05, 0.1) is 0 Å². The molecule has 0 fully saturated rings. The van der Waals surface area contributed by atoms with Gasteiger partial charge < -0.3 is 4.57 Å². The first-order valence-corrected chi connectivity index (χ1v) is 4.37. The minimum Gasteiger partial charge on any atom is -0.315 e. The van der Waals surface area contributed by atoms with E-state index in [1.165, 1.54) is 0 Å². The molecule has 0 saturated carbocycles. The van der Waals surface area contributed by atoms with Gasteiger partial charge in [-0.25, -0.2) is 4.98 Å². The largest absolute Gasteiger partial charge is 0.315 e. The summed E-state index contributed by atoms with van der Waals surface area (Å²) in [5, 5.41) is 4.13. The summed E-state index contributed by atoms with van der Waals surface area (Å²) in [4.78, 5) is 4.24. The molecule has 0 atom stereocenters. The number of hydrogen-bond acceptors (Lipinski definition) is 2. The Kier molecular flexibility index (Phi) is 2.12. The van der Waals surface area contributed by atoms with Gasteiger partial charge in [0.1, 0.15) is 12.5 Å². The third-order valence-electron chi connectivity index (χ3n) is 1.97. The van der Waals surface area contributed by atoms with Gasteiger partial charge in [0.25, 0.3) is 0 Å². The van der Waals surface area contributed by atoms with Gasteiger partial charge in [-0.3, -0.25) is 4.68 Å². The maximum atomic E-state index is 4.24. The molecule has 0 radical (unpaired) electrons. The van der Waals surface area contributed by atoms with E-state index in [-0.39, 0.29) is 0 Å². The van der Waals surface area contributed by atoms with Gasteiger partial charge in [-0.2, -0.15) is 5.10 Å². The first-order chi connectivity index (χ1) is 6.40. The van der Waals surface area contributed by atoms with Gasteiger partial charge in [0.2, 0.25) is 0 Å². The molecule has 2 aromatic rings. The highest BCUT2D eigenvalue weighted by Gasteiger charge is 1.99. The van der Waals surface area contributed by atoms with E-state index in [0.717, 1.165) is 18.9 Å². The summed E-state index contributed by atoms with van der Waals surface area (Å²) in [7, 11) is 0. The van der Waals surface area contributed by atoms with Crippen LogP contribution in [0.5, 0.6) is 0 Å². The van der Waals surface area contributed by atoms with Crippen molar-refractivity contribution in [3.05, 3.63) is 36.7 Å². The van der Waals surface area contributed by atoms with Crippen LogP contribution in [0.4, 0.5) is 0 Å². The normalized spacial score (nSPS) is 10.5. The summed E-state index contributed by atoms with van der Waals surface area (Å²) in [5.74, 6) is 1.09. The van der Waals surface area contributed by atoms with Crippen LogP contribution in [0.15, 0.2) is 30.9 Å². The number of rotatable bonds is 3. The molecule has 0 N–H and O–H groups in total. The van der Waals surface area contributed by atoms with Crippen LogP contribution >= 0.6 is 0 Å². The number of imidazole rings is 1. The lowest BCUT2D eigenvalue weighted by Gasteiger charge is -2.05. The van der Waals surface area contributed by atoms with Gasteiger partial charge in [-0.15, -0.1) is 0 Å². The molecule has 0 saturated heterocycles. The van der Waals surface area contributed by atoms with Gasteiger partial charge >= 0.3 is 0 Å². The molecule has 0 aliphatic heterocycles. The molecule has 0 bridgehead atoms. The van der Waals surface area contributed by atoms with Gasteiger partial charge in [-0.05, 0) is 6.07 Å². The average molecular weight is 176 g/mol. The van der Waals surface area contributed by atoms with Crippen LogP contribution in [0.3, 0.4) is 0 Å². The quantitative estimate of drug-likeness (QED) is 0.703. The minimum atomic E-state index is 0.746. The molecule has 0 aliphatic rings. The highest BCUT2D eigenvalue weighted by Crippen LogP contribution is 1.98. The Morgan fingerprint density at radius 3 is 2.92 bits per heavy atom. The number of nitrogens with zero attached hydrogens (tertiary/aromatic N) is 4. The fourth-order valence-electron chi connectivity index (χ4n) is 1.32. The minimum absolute atomic E-state index is 0.746. The molecular weight excluding hydrogens is 164 g/mol. The van der Waals surface area contributed by atoms with Crippen molar-refractivity contribution in [2.75, 3.05) is 0 Å². The van der Waals surface area contributed by atoms with Crippen LogP contribution in [0.2, 0.25) is 0 Å². The molecular formula is C9H12N4. The van der Waals surface area contributed by atoms with Crippen LogP contribution in [0.25, 0.3) is 0 Å². The van der Waals surface area contributed by atoms with Crippen molar-refractivity contribution in [1.82, 2.24) is 19.3 Å². The molecule has 2 aromatic heterocycles. The Morgan fingerprint density at radius 2 is 2.23 bits per heavy atom. The molecule has 4 nitrogen and oxygen atoms in total. The Bertz CT molecular complexity index is 361. The highest BCUT2D eigenvalue weighted by molar-refractivity contribution is 4.92. The summed E-state index contributed by atoms with van der Waals surface area (Å²) in [5.41, 5.74) is 0. The lowest BCUT2D eigenvalue weighted by molar-refractivity contribution is 0.531. The van der Waals surface area contributed by atoms with E-state index >= 15 is 0 Å². The number of aryl methyl sites for hydroxylation is 1. The van der Waals surface area contributed by atoms with Gasteiger partial charge in [0, 0.05) is 31.2 Å². The monoisotopic (exact) mass is 176 g/mol. The zero-order valence-corrected chi connectivity index (χ0v) is 7.59. The maximum Gasteiger partial charge on any atom is 0.117 e. The second kappa shape index (κ2) is 3.43. The standard InChI is InChI=1S/C9H12N4/c1-2-9-10-5-7-12(9)8-13-6-3-4-11-13/h3-7H,2,8H2,1H3. The first-order valence-electron chi connectivity index (χ1n) is 4.37. The first kappa shape index (κ1) is 8.04. The molecule has 13 heavy (non-hydrogen) atoms. The Morgan fingerprint density at radius 1 is 1.31 bits per heavy atom. The van der Waals surface area contributed by atoms with E-state index in [2.05, 4.69) is 21.6 Å². The topological polar surface area (TPSA) is 35.6 Å². The van der Waals surface area contributed by atoms with E-state index in [1.54, 1.807) is 6.20 Å². The fourth-order valence-corrected chi connectivity index (χ4v) is 1.32. The molecule has 4 heteroatoms. The summed E-state index contributed by atoms with van der Waals surface area (Å²) in [6.45, 7) is 2.85. The lowest BCUT2D eigenvalue weighted by Crippen LogP contribution is -2.10. The number of hydrogen-bond donors (Lipinski definition) is 0. The lowest BCUT2D eigenvalue weighted by atomic mass is 10.4. The maximum absolute atomic E-state index is 4.24. The van der Waals surface area contributed by atoms with Crippen molar-refractivity contribution < 1.29 is 0 Å². The zero-order valence-electron chi connectivity index (χ0n) is 7.59. The SMILES string of the molecule is CCc1nccn1Cn1cccn1. The van der Waals surface area contributed by atoms with Crippen LogP contribution < -0.4 is 0 Å². The average Bonchev–Trinajstić information content (AvgIpc) is 2.76. The number of aromatic nitrogens is 4. The molecule has 0 aliphatic carbocycles. The summed E-state index contributed by atoms with van der Waals surface area (Å²) in [6, 6.07) is 1.92. The second-order valence-electron chi connectivity index (χ2n) is 2.85. The van der Waals surface area contributed by atoms with Crippen molar-refractivity contribution in [3.8, 4) is 0 Å². The Labute approximate surface area is 76.8 Å². The van der Waals surface area contributed by atoms with Crippen molar-refractivity contribution in [2.45, 2.75) is 20.0 Å². The van der Waals surface area contributed by atoms with E-state index in [1.807, 2.05) is 29.3 Å². The molecule has 2 heterocycles. The van der Waals surface area contributed by atoms with Crippen LogP contribution in [0, 0.1) is 0 Å². The second-order valence-corrected chi connectivity index (χ2v) is 2.85. The highest BCUT2D eigenvalue weighted by atomic mass is 15.3. The van der Waals surface area contributed by atoms with Crippen molar-refractivity contribution in [3.63, 3.8) is 0 Å². The Hall–Kier alpha value is -1.58. The predicted molar refractivity (Wildman–Crippen MR) is 49.2 cm³/mol. The molecule has 2 rings (SSSR count). The third-order valence-corrected chi connectivity index (χ3v) is 1.97. The van der Waals surface area contributed by atoms with Crippen molar-refractivity contribution in [1.29, 1.82) is 0 Å². The molecule has 68 valence electrons. The van der Waals surface area contributed by atoms with E-state index in [4.69, 9.17) is 0 Å². The van der Waals surface area contributed by atoms with Crippen LogP contribution in [0.1, 0.15) is 12.7 Å². The fraction of sp³-hybridized carbons (Fsp3) is 0.333. The summed E-state index contributed by atoms with van der Waals surface area (Å²) < 4.78 is 3.97. The molecule has 0 spiro atoms. The summed E-state index contributed by atoms with van der Waals surface area (Å²) in [6.07, 6.45) is 8.47. The third kappa shape index (κ3) is 1.61. The Balaban J connectivity index is 2.18. The molecule has 0 aromatic carbocycles. The zero-order chi connectivity index (χ0) is 9.10. The van der Waals surface area contributed by atoms with Gasteiger partial charge in [-0.1, -0.05) is 6.92 Å². The van der Waals surface area contributed by atoms with Crippen LogP contribution in [-0.2, 0) is 13.1 Å². The molecule has 0 unspecified atom stereocenters. The smallest absolute Gasteiger partial charge is 0.117 e.